The van der Waals surface area contributed by atoms with Crippen LogP contribution >= 0.6 is 0 Å². The number of nitrogens with one attached hydrogen (secondary N) is 1. The molecule has 11 heteroatoms. The summed E-state index contributed by atoms with van der Waals surface area (Å²) in [6.45, 7) is 8.32. The number of halogens is 1. The van der Waals surface area contributed by atoms with Gasteiger partial charge in [-0.2, -0.15) is 0 Å². The van der Waals surface area contributed by atoms with E-state index in [0.717, 1.165) is 44.5 Å². The van der Waals surface area contributed by atoms with Gasteiger partial charge in [-0.05, 0) is 101 Å². The van der Waals surface area contributed by atoms with Gasteiger partial charge in [-0.15, -0.1) is 0 Å². The van der Waals surface area contributed by atoms with Crippen molar-refractivity contribution >= 4 is 21.6 Å². The van der Waals surface area contributed by atoms with Gasteiger partial charge in [0.05, 0.1) is 35.3 Å². The number of ether oxygens (including phenoxy) is 2. The minimum atomic E-state index is -4.05. The van der Waals surface area contributed by atoms with Crippen molar-refractivity contribution in [2.24, 2.45) is 11.8 Å². The zero-order valence-electron chi connectivity index (χ0n) is 27.8. The van der Waals surface area contributed by atoms with E-state index in [1.54, 1.807) is 24.0 Å². The van der Waals surface area contributed by atoms with E-state index in [2.05, 4.69) is 23.6 Å². The van der Waals surface area contributed by atoms with Gasteiger partial charge >= 0.3 is 0 Å². The first kappa shape index (κ1) is 36.1. The fraction of sp³-hybridized carbons (Fsp3) is 0.629. The average molecular weight is 662 g/mol. The predicted molar refractivity (Wildman–Crippen MR) is 178 cm³/mol. The number of rotatable bonds is 9. The molecule has 46 heavy (non-hydrogen) atoms. The molecule has 4 atom stereocenters. The molecule has 1 amide bonds. The number of hydrogen-bond acceptors (Lipinski definition) is 7. The Bertz CT molecular complexity index is 1370. The molecule has 1 aliphatic carbocycles. The summed E-state index contributed by atoms with van der Waals surface area (Å²) in [5.74, 6) is 0.0933. The maximum Gasteiger partial charge on any atom is 0.261 e. The van der Waals surface area contributed by atoms with Crippen LogP contribution in [0.1, 0.15) is 82.5 Å². The number of carbonyl (C=O) groups excluding carboxylic acids is 1. The molecule has 0 spiro atoms. The van der Waals surface area contributed by atoms with E-state index in [9.17, 15) is 22.7 Å². The van der Waals surface area contributed by atoms with Crippen LogP contribution in [0.15, 0.2) is 47.4 Å². The van der Waals surface area contributed by atoms with E-state index in [0.29, 0.717) is 24.8 Å². The zero-order valence-corrected chi connectivity index (χ0v) is 28.6. The Kier molecular flexibility index (Phi) is 13.3. The molecule has 2 aromatic carbocycles. The molecule has 9 nitrogen and oxygen atoms in total. The number of aliphatic hydroxyl groups is 1. The first-order chi connectivity index (χ1) is 22.0. The van der Waals surface area contributed by atoms with Gasteiger partial charge in [-0.3, -0.25) is 9.52 Å². The Hall–Kier alpha value is -2.73. The molecule has 4 rings (SSSR count). The van der Waals surface area contributed by atoms with Gasteiger partial charge in [0.2, 0.25) is 0 Å². The van der Waals surface area contributed by atoms with Crippen molar-refractivity contribution in [2.45, 2.75) is 95.3 Å². The number of aliphatic hydroxyl groups excluding tert-OH is 1. The van der Waals surface area contributed by atoms with Crippen molar-refractivity contribution in [3.63, 3.8) is 0 Å². The van der Waals surface area contributed by atoms with Crippen LogP contribution < -0.4 is 9.46 Å². The van der Waals surface area contributed by atoms with Crippen LogP contribution in [0.4, 0.5) is 10.1 Å². The lowest BCUT2D eigenvalue weighted by Gasteiger charge is -2.36. The zero-order chi connectivity index (χ0) is 33.3. The molecule has 0 aromatic heterocycles. The Labute approximate surface area is 274 Å². The summed E-state index contributed by atoms with van der Waals surface area (Å²) in [7, 11) is -1.90. The third kappa shape index (κ3) is 10.1. The number of benzene rings is 2. The Morgan fingerprint density at radius 2 is 1.72 bits per heavy atom. The van der Waals surface area contributed by atoms with Gasteiger partial charge in [0.1, 0.15) is 11.6 Å². The number of sulfonamides is 1. The molecule has 2 aliphatic rings. The van der Waals surface area contributed by atoms with Gasteiger partial charge in [0.15, 0.2) is 0 Å². The largest absolute Gasteiger partial charge is 0.490 e. The highest BCUT2D eigenvalue weighted by Crippen LogP contribution is 2.30. The molecule has 1 saturated carbocycles. The Morgan fingerprint density at radius 3 is 2.41 bits per heavy atom. The maximum absolute atomic E-state index is 14.3. The van der Waals surface area contributed by atoms with Crippen molar-refractivity contribution in [2.75, 3.05) is 44.6 Å². The second-order valence-electron chi connectivity index (χ2n) is 13.3. The van der Waals surface area contributed by atoms with Crippen LogP contribution in [0.25, 0.3) is 0 Å². The van der Waals surface area contributed by atoms with Gasteiger partial charge in [-0.25, -0.2) is 12.8 Å². The van der Waals surface area contributed by atoms with Crippen LogP contribution in [-0.2, 0) is 14.8 Å². The van der Waals surface area contributed by atoms with Crippen molar-refractivity contribution < 1.29 is 32.2 Å². The number of fused-ring (bicyclic) bond motifs is 1. The highest BCUT2D eigenvalue weighted by molar-refractivity contribution is 7.92. The van der Waals surface area contributed by atoms with Crippen LogP contribution in [0, 0.1) is 17.7 Å². The standard InChI is InChI=1S/C35H52FN3O6S/c1-25-21-39(26(2)24-40)35(41)32-20-30(37-46(42,43)31-16-13-29(36)14-17-31)15-18-33(32)45-27(3)10-8-9-19-44-34(25)23-38(4)22-28-11-6-5-7-12-28/h13-18,20,25-28,34,37,40H,5-12,19,21-24H2,1-4H3/t25-,26-,27-,34+/m0/s1. The van der Waals surface area contributed by atoms with Crippen LogP contribution in [0.3, 0.4) is 0 Å². The molecule has 0 unspecified atom stereocenters. The fourth-order valence-corrected chi connectivity index (χ4v) is 7.52. The Morgan fingerprint density at radius 1 is 1.02 bits per heavy atom. The van der Waals surface area contributed by atoms with Gasteiger partial charge in [0, 0.05) is 37.8 Å². The summed E-state index contributed by atoms with van der Waals surface area (Å²) < 4.78 is 54.9. The molecule has 1 heterocycles. The summed E-state index contributed by atoms with van der Waals surface area (Å²) in [6.07, 6.45) is 8.68. The number of likely N-dealkylation sites (N-methyl/N-ethyl adjacent to an activating group) is 1. The minimum Gasteiger partial charge on any atom is -0.490 e. The van der Waals surface area contributed by atoms with E-state index < -0.39 is 21.9 Å². The third-order valence-corrected chi connectivity index (χ3v) is 10.6. The number of nitrogens with zero attached hydrogens (tertiary/aromatic N) is 2. The van der Waals surface area contributed by atoms with Gasteiger partial charge < -0.3 is 24.4 Å². The first-order valence-electron chi connectivity index (χ1n) is 16.8. The van der Waals surface area contributed by atoms with E-state index in [1.807, 2.05) is 6.92 Å². The summed E-state index contributed by atoms with van der Waals surface area (Å²) in [4.78, 5) is 18.2. The molecule has 1 fully saturated rings. The lowest BCUT2D eigenvalue weighted by atomic mass is 9.89. The fourth-order valence-electron chi connectivity index (χ4n) is 6.47. The van der Waals surface area contributed by atoms with E-state index in [-0.39, 0.29) is 46.8 Å². The molecule has 1 aliphatic heterocycles. The van der Waals surface area contributed by atoms with Crippen molar-refractivity contribution in [3.05, 3.63) is 53.8 Å². The average Bonchev–Trinajstić information content (AvgIpc) is 3.03. The highest BCUT2D eigenvalue weighted by Gasteiger charge is 2.31. The van der Waals surface area contributed by atoms with Crippen molar-refractivity contribution in [3.8, 4) is 5.75 Å². The van der Waals surface area contributed by atoms with Crippen LogP contribution in [0.5, 0.6) is 5.75 Å². The smallest absolute Gasteiger partial charge is 0.261 e. The van der Waals surface area contributed by atoms with Gasteiger partial charge in [-0.1, -0.05) is 26.2 Å². The molecule has 0 radical (unpaired) electrons. The van der Waals surface area contributed by atoms with E-state index in [4.69, 9.17) is 9.47 Å². The minimum absolute atomic E-state index is 0.0434. The predicted octanol–water partition coefficient (Wildman–Crippen LogP) is 5.93. The van der Waals surface area contributed by atoms with Crippen molar-refractivity contribution in [1.82, 2.24) is 9.80 Å². The third-order valence-electron chi connectivity index (χ3n) is 9.21. The van der Waals surface area contributed by atoms with Gasteiger partial charge in [0.25, 0.3) is 15.9 Å². The quantitative estimate of drug-likeness (QED) is 0.343. The molecule has 0 saturated heterocycles. The number of hydrogen-bond donors (Lipinski definition) is 2. The highest BCUT2D eigenvalue weighted by atomic mass is 32.2. The molecule has 256 valence electrons. The second kappa shape index (κ2) is 16.9. The van der Waals surface area contributed by atoms with Crippen LogP contribution in [-0.4, -0.2) is 87.4 Å². The molecule has 2 aromatic rings. The lowest BCUT2D eigenvalue weighted by Crippen LogP contribution is -2.47. The SMILES string of the molecule is C[C@H]1CCCCO[C@H](CN(C)CC2CCCCC2)[C@@H](C)CN([C@@H](C)CO)C(=O)c2cc(NS(=O)(=O)c3ccc(F)cc3)ccc2O1. The van der Waals surface area contributed by atoms with E-state index >= 15 is 0 Å². The Balaban J connectivity index is 1.62. The number of carbonyl (C=O) groups is 1. The lowest BCUT2D eigenvalue weighted by molar-refractivity contribution is -0.0190. The molecule has 2 N–H and O–H groups in total. The molecular weight excluding hydrogens is 609 g/mol. The molecule has 0 bridgehead atoms. The second-order valence-corrected chi connectivity index (χ2v) is 15.0. The van der Waals surface area contributed by atoms with E-state index in [1.165, 1.54) is 50.3 Å². The maximum atomic E-state index is 14.3. The topological polar surface area (TPSA) is 108 Å². The number of amides is 1. The summed E-state index contributed by atoms with van der Waals surface area (Å²) in [5.41, 5.74) is 0.367. The first-order valence-corrected chi connectivity index (χ1v) is 18.3. The normalized spacial score (nSPS) is 23.3. The summed E-state index contributed by atoms with van der Waals surface area (Å²) in [5, 5.41) is 10.2. The summed E-state index contributed by atoms with van der Waals surface area (Å²) >= 11 is 0. The summed E-state index contributed by atoms with van der Waals surface area (Å²) in [6, 6.07) is 8.66. The number of anilines is 1. The van der Waals surface area contributed by atoms with Crippen LogP contribution in [0.2, 0.25) is 0 Å². The molecular formula is C35H52FN3O6S. The monoisotopic (exact) mass is 661 g/mol. The van der Waals surface area contributed by atoms with Crippen molar-refractivity contribution in [1.29, 1.82) is 0 Å².